The number of aromatic amines is 1. The molecule has 2 aromatic rings. The minimum Gasteiger partial charge on any atom is -0.368 e. The number of nitrogens with one attached hydrogen (secondary N) is 3. The van der Waals surface area contributed by atoms with E-state index in [1.54, 1.807) is 24.5 Å². The first kappa shape index (κ1) is 13.6. The summed E-state index contributed by atoms with van der Waals surface area (Å²) in [5, 5.41) is 12.4. The third-order valence-electron chi connectivity index (χ3n) is 3.45. The van der Waals surface area contributed by atoms with E-state index >= 15 is 0 Å². The molecule has 1 fully saturated rings. The van der Waals surface area contributed by atoms with Gasteiger partial charge < -0.3 is 15.5 Å². The van der Waals surface area contributed by atoms with Crippen LogP contribution in [0.15, 0.2) is 36.7 Å². The fourth-order valence-corrected chi connectivity index (χ4v) is 2.36. The monoisotopic (exact) mass is 289 g/mol. The van der Waals surface area contributed by atoms with Crippen molar-refractivity contribution >= 4 is 17.3 Å². The van der Waals surface area contributed by atoms with Gasteiger partial charge in [0.15, 0.2) is 0 Å². The van der Waals surface area contributed by atoms with Gasteiger partial charge in [-0.2, -0.15) is 5.10 Å². The zero-order chi connectivity index (χ0) is 14.7. The topological polar surface area (TPSA) is 73.0 Å². The number of piperazine rings is 1. The molecule has 0 unspecified atom stereocenters. The molecule has 0 radical (unpaired) electrons. The summed E-state index contributed by atoms with van der Waals surface area (Å²) in [7, 11) is 0. The predicted molar refractivity (Wildman–Crippen MR) is 77.6 cm³/mol. The summed E-state index contributed by atoms with van der Waals surface area (Å²) in [4.78, 5) is 14.3. The number of halogens is 1. The number of aromatic nitrogens is 2. The standard InChI is InChI=1S/C14H16FN5O/c15-10-1-3-12(4-2-10)20-6-5-16-13(9-20)14(21)19-11-7-17-18-8-11/h1-4,7-8,13,16H,5-6,9H2,(H,17,18)(H,19,21)/t13-/m0/s1. The van der Waals surface area contributed by atoms with Crippen LogP contribution in [0, 0.1) is 5.82 Å². The van der Waals surface area contributed by atoms with Gasteiger partial charge in [-0.15, -0.1) is 0 Å². The molecule has 3 N–H and O–H groups in total. The molecular weight excluding hydrogens is 273 g/mol. The summed E-state index contributed by atoms with van der Waals surface area (Å²) >= 11 is 0. The van der Waals surface area contributed by atoms with E-state index in [0.717, 1.165) is 12.2 Å². The molecular formula is C14H16FN5O. The van der Waals surface area contributed by atoms with Gasteiger partial charge in [-0.1, -0.05) is 0 Å². The van der Waals surface area contributed by atoms with Crippen LogP contribution in [-0.4, -0.2) is 41.8 Å². The summed E-state index contributed by atoms with van der Waals surface area (Å²) in [6.45, 7) is 2.01. The highest BCUT2D eigenvalue weighted by molar-refractivity contribution is 5.95. The molecule has 1 aliphatic rings. The Morgan fingerprint density at radius 1 is 1.38 bits per heavy atom. The number of H-pyrrole nitrogens is 1. The van der Waals surface area contributed by atoms with E-state index in [1.165, 1.54) is 12.1 Å². The van der Waals surface area contributed by atoms with E-state index in [-0.39, 0.29) is 17.8 Å². The second-order valence-corrected chi connectivity index (χ2v) is 4.91. The van der Waals surface area contributed by atoms with Crippen molar-refractivity contribution in [1.29, 1.82) is 0 Å². The zero-order valence-electron chi connectivity index (χ0n) is 11.3. The molecule has 1 aliphatic heterocycles. The molecule has 1 aromatic heterocycles. The normalized spacial score (nSPS) is 18.5. The molecule has 110 valence electrons. The summed E-state index contributed by atoms with van der Waals surface area (Å²) < 4.78 is 13.0. The fraction of sp³-hybridized carbons (Fsp3) is 0.286. The number of hydrogen-bond acceptors (Lipinski definition) is 4. The highest BCUT2D eigenvalue weighted by atomic mass is 19.1. The maximum Gasteiger partial charge on any atom is 0.243 e. The maximum absolute atomic E-state index is 13.0. The first-order valence-electron chi connectivity index (χ1n) is 6.76. The van der Waals surface area contributed by atoms with E-state index in [2.05, 4.69) is 25.7 Å². The third-order valence-corrected chi connectivity index (χ3v) is 3.45. The lowest BCUT2D eigenvalue weighted by atomic mass is 10.1. The fourth-order valence-electron chi connectivity index (χ4n) is 2.36. The van der Waals surface area contributed by atoms with Crippen molar-refractivity contribution < 1.29 is 9.18 Å². The van der Waals surface area contributed by atoms with Crippen LogP contribution in [0.3, 0.4) is 0 Å². The lowest BCUT2D eigenvalue weighted by Gasteiger charge is -2.34. The SMILES string of the molecule is O=C(Nc1cn[nH]c1)[C@@H]1CN(c2ccc(F)cc2)CCN1. The molecule has 21 heavy (non-hydrogen) atoms. The summed E-state index contributed by atoms with van der Waals surface area (Å²) in [6, 6.07) is 5.99. The van der Waals surface area contributed by atoms with Crippen molar-refractivity contribution in [3.8, 4) is 0 Å². The molecule has 0 aliphatic carbocycles. The molecule has 2 heterocycles. The van der Waals surface area contributed by atoms with Crippen molar-refractivity contribution in [3.63, 3.8) is 0 Å². The van der Waals surface area contributed by atoms with Gasteiger partial charge in [0, 0.05) is 31.5 Å². The van der Waals surface area contributed by atoms with Gasteiger partial charge in [0.05, 0.1) is 11.9 Å². The molecule has 3 rings (SSSR count). The van der Waals surface area contributed by atoms with Crippen molar-refractivity contribution in [3.05, 3.63) is 42.5 Å². The minimum atomic E-state index is -0.321. The molecule has 1 atom stereocenters. The smallest absolute Gasteiger partial charge is 0.243 e. The molecule has 1 aromatic carbocycles. The number of amides is 1. The minimum absolute atomic E-state index is 0.108. The highest BCUT2D eigenvalue weighted by Crippen LogP contribution is 2.17. The number of anilines is 2. The lowest BCUT2D eigenvalue weighted by molar-refractivity contribution is -0.118. The average Bonchev–Trinajstić information content (AvgIpc) is 3.01. The second kappa shape index (κ2) is 5.92. The Balaban J connectivity index is 1.65. The Morgan fingerprint density at radius 2 is 2.19 bits per heavy atom. The molecule has 0 spiro atoms. The molecule has 6 nitrogen and oxygen atoms in total. The van der Waals surface area contributed by atoms with Gasteiger partial charge in [-0.3, -0.25) is 9.89 Å². The first-order valence-corrected chi connectivity index (χ1v) is 6.76. The first-order chi connectivity index (χ1) is 10.2. The van der Waals surface area contributed by atoms with Gasteiger partial charge in [0.2, 0.25) is 5.91 Å². The second-order valence-electron chi connectivity index (χ2n) is 4.91. The predicted octanol–water partition coefficient (Wildman–Crippen LogP) is 0.966. The Morgan fingerprint density at radius 3 is 2.90 bits per heavy atom. The molecule has 1 saturated heterocycles. The van der Waals surface area contributed by atoms with E-state index in [9.17, 15) is 9.18 Å². The van der Waals surface area contributed by atoms with Crippen molar-refractivity contribution in [2.24, 2.45) is 0 Å². The van der Waals surface area contributed by atoms with Crippen LogP contribution in [0.5, 0.6) is 0 Å². The van der Waals surface area contributed by atoms with Crippen LogP contribution in [-0.2, 0) is 4.79 Å². The quantitative estimate of drug-likeness (QED) is 0.787. The number of benzene rings is 1. The third kappa shape index (κ3) is 3.19. The van der Waals surface area contributed by atoms with E-state index in [0.29, 0.717) is 18.8 Å². The maximum atomic E-state index is 13.0. The number of rotatable bonds is 3. The van der Waals surface area contributed by atoms with E-state index in [4.69, 9.17) is 0 Å². The van der Waals surface area contributed by atoms with Gasteiger partial charge in [0.1, 0.15) is 11.9 Å². The van der Waals surface area contributed by atoms with Crippen LogP contribution < -0.4 is 15.5 Å². The van der Waals surface area contributed by atoms with Gasteiger partial charge in [-0.25, -0.2) is 4.39 Å². The molecule has 0 bridgehead atoms. The number of carbonyl (C=O) groups is 1. The van der Waals surface area contributed by atoms with E-state index in [1.807, 2.05) is 0 Å². The Labute approximate surface area is 121 Å². The Kier molecular flexibility index (Phi) is 3.83. The number of carbonyl (C=O) groups excluding carboxylic acids is 1. The highest BCUT2D eigenvalue weighted by Gasteiger charge is 2.25. The van der Waals surface area contributed by atoms with Crippen molar-refractivity contribution in [2.45, 2.75) is 6.04 Å². The summed E-state index contributed by atoms with van der Waals surface area (Å²) in [5.74, 6) is -0.369. The van der Waals surface area contributed by atoms with Crippen LogP contribution in [0.4, 0.5) is 15.8 Å². The van der Waals surface area contributed by atoms with Crippen LogP contribution in [0.1, 0.15) is 0 Å². The van der Waals surface area contributed by atoms with E-state index < -0.39 is 0 Å². The van der Waals surface area contributed by atoms with Crippen LogP contribution >= 0.6 is 0 Å². The summed E-state index contributed by atoms with van der Waals surface area (Å²) in [6.07, 6.45) is 3.18. The molecule has 0 saturated carbocycles. The molecule has 1 amide bonds. The van der Waals surface area contributed by atoms with Crippen molar-refractivity contribution in [1.82, 2.24) is 15.5 Å². The molecule has 7 heteroatoms. The van der Waals surface area contributed by atoms with Crippen molar-refractivity contribution in [2.75, 3.05) is 29.9 Å². The zero-order valence-corrected chi connectivity index (χ0v) is 11.3. The summed E-state index contributed by atoms with van der Waals surface area (Å²) in [5.41, 5.74) is 1.56. The average molecular weight is 289 g/mol. The van der Waals surface area contributed by atoms with Gasteiger partial charge in [0.25, 0.3) is 0 Å². The largest absolute Gasteiger partial charge is 0.368 e. The van der Waals surface area contributed by atoms with Crippen LogP contribution in [0.2, 0.25) is 0 Å². The number of nitrogens with zero attached hydrogens (tertiary/aromatic N) is 2. The Bertz CT molecular complexity index is 598. The lowest BCUT2D eigenvalue weighted by Crippen LogP contribution is -2.55. The van der Waals surface area contributed by atoms with Crippen LogP contribution in [0.25, 0.3) is 0 Å². The van der Waals surface area contributed by atoms with Gasteiger partial charge >= 0.3 is 0 Å². The van der Waals surface area contributed by atoms with Gasteiger partial charge in [-0.05, 0) is 24.3 Å². The number of hydrogen-bond donors (Lipinski definition) is 3. The Hall–Kier alpha value is -2.41.